The smallest absolute Gasteiger partial charge is 0.253 e. The molecule has 1 atom stereocenters. The van der Waals surface area contributed by atoms with Crippen molar-refractivity contribution in [3.8, 4) is 5.75 Å². The van der Waals surface area contributed by atoms with E-state index in [0.29, 0.717) is 25.1 Å². The number of nitrogens with one attached hydrogen (secondary N) is 1. The summed E-state index contributed by atoms with van der Waals surface area (Å²) in [4.78, 5) is 30.5. The van der Waals surface area contributed by atoms with Gasteiger partial charge in [0.05, 0.1) is 18.2 Å². The van der Waals surface area contributed by atoms with Gasteiger partial charge in [-0.1, -0.05) is 13.8 Å². The molecule has 0 fully saturated rings. The maximum absolute atomic E-state index is 12.5. The highest BCUT2D eigenvalue weighted by Gasteiger charge is 2.28. The number of carbonyl (C=O) groups is 2. The van der Waals surface area contributed by atoms with E-state index in [1.54, 1.807) is 25.1 Å². The van der Waals surface area contributed by atoms with Crippen LogP contribution in [0.4, 0.5) is 5.69 Å². The average Bonchev–Trinajstić information content (AvgIpc) is 2.60. The molecule has 7 heteroatoms. The van der Waals surface area contributed by atoms with Gasteiger partial charge < -0.3 is 24.8 Å². The van der Waals surface area contributed by atoms with Crippen LogP contribution in [0.3, 0.4) is 0 Å². The first kappa shape index (κ1) is 22.0. The molecule has 1 heterocycles. The lowest BCUT2D eigenvalue weighted by Crippen LogP contribution is -2.46. The standard InChI is InChI=1S/C21H34N4O3/c1-21(2,14-23(3)4)13-22-19(26)11-16-12-28-18-9-8-15(20(27)24(5)6)10-17(18)25(16)7/h8-10,16H,11-14H2,1-7H3,(H,22,26)/t16-/m0/s1. The van der Waals surface area contributed by atoms with Gasteiger partial charge in [0.15, 0.2) is 0 Å². The third-order valence-corrected chi connectivity index (χ3v) is 4.90. The summed E-state index contributed by atoms with van der Waals surface area (Å²) >= 11 is 0. The summed E-state index contributed by atoms with van der Waals surface area (Å²) in [6, 6.07) is 5.36. The SMILES string of the molecule is CN(C)CC(C)(C)CNC(=O)C[C@H]1COc2ccc(C(=O)N(C)C)cc2N1C. The molecule has 1 aliphatic heterocycles. The summed E-state index contributed by atoms with van der Waals surface area (Å²) in [6.45, 7) is 6.25. The van der Waals surface area contributed by atoms with Gasteiger partial charge in [0.25, 0.3) is 5.91 Å². The minimum Gasteiger partial charge on any atom is -0.489 e. The summed E-state index contributed by atoms with van der Waals surface area (Å²) in [7, 11) is 9.47. The third kappa shape index (κ3) is 5.61. The quantitative estimate of drug-likeness (QED) is 0.767. The second kappa shape index (κ2) is 8.82. The van der Waals surface area contributed by atoms with Gasteiger partial charge in [-0.05, 0) is 37.7 Å². The number of likely N-dealkylation sites (N-methyl/N-ethyl adjacent to an activating group) is 1. The van der Waals surface area contributed by atoms with Crippen molar-refractivity contribution in [2.24, 2.45) is 5.41 Å². The first-order valence-corrected chi connectivity index (χ1v) is 9.63. The molecule has 0 bridgehead atoms. The van der Waals surface area contributed by atoms with Crippen LogP contribution >= 0.6 is 0 Å². The van der Waals surface area contributed by atoms with Crippen LogP contribution in [0.25, 0.3) is 0 Å². The Labute approximate surface area is 168 Å². The minimum absolute atomic E-state index is 0.00215. The summed E-state index contributed by atoms with van der Waals surface area (Å²) in [5.41, 5.74) is 1.45. The van der Waals surface area contributed by atoms with Gasteiger partial charge in [-0.3, -0.25) is 9.59 Å². The molecular formula is C21H34N4O3. The van der Waals surface area contributed by atoms with Gasteiger partial charge >= 0.3 is 0 Å². The van der Waals surface area contributed by atoms with E-state index in [2.05, 4.69) is 24.1 Å². The molecule has 0 saturated carbocycles. The first-order valence-electron chi connectivity index (χ1n) is 9.63. The van der Waals surface area contributed by atoms with Gasteiger partial charge in [-0.15, -0.1) is 0 Å². The Hall–Kier alpha value is -2.28. The van der Waals surface area contributed by atoms with Crippen molar-refractivity contribution in [1.29, 1.82) is 0 Å². The molecule has 0 aliphatic carbocycles. The molecule has 0 spiro atoms. The second-order valence-electron chi connectivity index (χ2n) is 8.84. The Bertz CT molecular complexity index is 716. The molecule has 1 aromatic carbocycles. The highest BCUT2D eigenvalue weighted by atomic mass is 16.5. The fourth-order valence-corrected chi connectivity index (χ4v) is 3.53. The number of hydrogen-bond acceptors (Lipinski definition) is 5. The Morgan fingerprint density at radius 1 is 1.25 bits per heavy atom. The molecule has 28 heavy (non-hydrogen) atoms. The molecule has 0 unspecified atom stereocenters. The lowest BCUT2D eigenvalue weighted by atomic mass is 9.93. The van der Waals surface area contributed by atoms with Crippen LogP contribution in [0.2, 0.25) is 0 Å². The Morgan fingerprint density at radius 3 is 2.54 bits per heavy atom. The zero-order chi connectivity index (χ0) is 21.1. The van der Waals surface area contributed by atoms with Gasteiger partial charge in [-0.2, -0.15) is 0 Å². The van der Waals surface area contributed by atoms with Crippen molar-refractivity contribution in [2.45, 2.75) is 26.3 Å². The summed E-state index contributed by atoms with van der Waals surface area (Å²) in [5, 5.41) is 3.06. The molecule has 2 rings (SSSR count). The Kier molecular flexibility index (Phi) is 6.93. The predicted molar refractivity (Wildman–Crippen MR) is 112 cm³/mol. The van der Waals surface area contributed by atoms with E-state index in [9.17, 15) is 9.59 Å². The van der Waals surface area contributed by atoms with Crippen molar-refractivity contribution in [3.05, 3.63) is 23.8 Å². The lowest BCUT2D eigenvalue weighted by Gasteiger charge is -2.36. The van der Waals surface area contributed by atoms with E-state index < -0.39 is 0 Å². The highest BCUT2D eigenvalue weighted by molar-refractivity contribution is 5.95. The van der Waals surface area contributed by atoms with Crippen LogP contribution in [0, 0.1) is 5.41 Å². The van der Waals surface area contributed by atoms with Crippen LogP contribution in [0.15, 0.2) is 18.2 Å². The number of amides is 2. The number of nitrogens with zero attached hydrogens (tertiary/aromatic N) is 3. The fraction of sp³-hybridized carbons (Fsp3) is 0.619. The average molecular weight is 391 g/mol. The van der Waals surface area contributed by atoms with E-state index >= 15 is 0 Å². The lowest BCUT2D eigenvalue weighted by molar-refractivity contribution is -0.122. The van der Waals surface area contributed by atoms with Crippen LogP contribution < -0.4 is 15.0 Å². The number of carbonyl (C=O) groups excluding carboxylic acids is 2. The first-order chi connectivity index (χ1) is 13.0. The van der Waals surface area contributed by atoms with Crippen molar-refractivity contribution in [3.63, 3.8) is 0 Å². The highest BCUT2D eigenvalue weighted by Crippen LogP contribution is 2.34. The van der Waals surface area contributed by atoms with E-state index in [4.69, 9.17) is 4.74 Å². The molecule has 1 aromatic rings. The monoisotopic (exact) mass is 390 g/mol. The van der Waals surface area contributed by atoms with Gasteiger partial charge in [0.2, 0.25) is 5.91 Å². The zero-order valence-corrected chi connectivity index (χ0v) is 18.2. The molecule has 2 amide bonds. The summed E-state index contributed by atoms with van der Waals surface area (Å²) in [5.74, 6) is 0.692. The van der Waals surface area contributed by atoms with Crippen LogP contribution in [-0.2, 0) is 4.79 Å². The largest absolute Gasteiger partial charge is 0.489 e. The molecule has 0 saturated heterocycles. The van der Waals surface area contributed by atoms with Crippen molar-refractivity contribution in [1.82, 2.24) is 15.1 Å². The van der Waals surface area contributed by atoms with Crippen molar-refractivity contribution < 1.29 is 14.3 Å². The molecule has 1 aliphatic rings. The number of ether oxygens (including phenoxy) is 1. The number of benzene rings is 1. The molecule has 7 nitrogen and oxygen atoms in total. The molecule has 156 valence electrons. The van der Waals surface area contributed by atoms with Gasteiger partial charge in [0, 0.05) is 39.8 Å². The third-order valence-electron chi connectivity index (χ3n) is 4.90. The molecule has 0 radical (unpaired) electrons. The number of rotatable bonds is 7. The van der Waals surface area contributed by atoms with Gasteiger partial charge in [0.1, 0.15) is 12.4 Å². The zero-order valence-electron chi connectivity index (χ0n) is 18.2. The Morgan fingerprint density at radius 2 is 1.93 bits per heavy atom. The number of fused-ring (bicyclic) bond motifs is 1. The normalized spacial score (nSPS) is 16.4. The van der Waals surface area contributed by atoms with E-state index in [0.717, 1.165) is 18.0 Å². The second-order valence-corrected chi connectivity index (χ2v) is 8.84. The topological polar surface area (TPSA) is 65.1 Å². The summed E-state index contributed by atoms with van der Waals surface area (Å²) in [6.07, 6.45) is 0.347. The summed E-state index contributed by atoms with van der Waals surface area (Å²) < 4.78 is 5.85. The molecule has 1 N–H and O–H groups in total. The van der Waals surface area contributed by atoms with Crippen LogP contribution in [-0.4, -0.2) is 82.6 Å². The molecular weight excluding hydrogens is 356 g/mol. The number of anilines is 1. The fourth-order valence-electron chi connectivity index (χ4n) is 3.53. The van der Waals surface area contributed by atoms with Crippen molar-refractivity contribution in [2.75, 3.05) is 59.8 Å². The molecule has 0 aromatic heterocycles. The van der Waals surface area contributed by atoms with Crippen molar-refractivity contribution >= 4 is 17.5 Å². The van der Waals surface area contributed by atoms with Crippen LogP contribution in [0.1, 0.15) is 30.6 Å². The Balaban J connectivity index is 2.01. The van der Waals surface area contributed by atoms with Crippen LogP contribution in [0.5, 0.6) is 5.75 Å². The number of hydrogen-bond donors (Lipinski definition) is 1. The predicted octanol–water partition coefficient (Wildman–Crippen LogP) is 1.68. The maximum atomic E-state index is 12.5. The van der Waals surface area contributed by atoms with Gasteiger partial charge in [-0.25, -0.2) is 0 Å². The minimum atomic E-state index is -0.0748. The maximum Gasteiger partial charge on any atom is 0.253 e. The van der Waals surface area contributed by atoms with E-state index in [1.165, 1.54) is 0 Å². The van der Waals surface area contributed by atoms with E-state index in [-0.39, 0.29) is 23.3 Å². The van der Waals surface area contributed by atoms with E-state index in [1.807, 2.05) is 38.2 Å².